The monoisotopic (exact) mass is 512 g/mol. The van der Waals surface area contributed by atoms with Crippen molar-refractivity contribution in [2.45, 2.75) is 44.9 Å². The number of aryl methyl sites for hydroxylation is 1. The van der Waals surface area contributed by atoms with E-state index in [0.29, 0.717) is 37.7 Å². The second kappa shape index (κ2) is 11.6. The highest BCUT2D eigenvalue weighted by atomic mass is 19.2. The first kappa shape index (κ1) is 26.5. The van der Waals surface area contributed by atoms with E-state index in [-0.39, 0.29) is 29.4 Å². The lowest BCUT2D eigenvalue weighted by molar-refractivity contribution is -0.140. The van der Waals surface area contributed by atoms with E-state index in [1.807, 2.05) is 19.1 Å². The molecule has 1 aliphatic carbocycles. The lowest BCUT2D eigenvalue weighted by Crippen LogP contribution is -2.26. The predicted octanol–water partition coefficient (Wildman–Crippen LogP) is 8.05. The quantitative estimate of drug-likeness (QED) is 0.101. The summed E-state index contributed by atoms with van der Waals surface area (Å²) in [4.78, 5) is 12.6. The Bertz CT molecular complexity index is 1280. The van der Waals surface area contributed by atoms with Crippen molar-refractivity contribution >= 4 is 5.97 Å². The van der Waals surface area contributed by atoms with Gasteiger partial charge in [0.2, 0.25) is 11.6 Å². The standard InChI is InChI=1S/C30H28F4O3/c1-3-4-17-36-24-15-16-25(29(34)28(24)33)37-30(35)21-11-9-20(10-12-21)23-14-13-22(26(31)27(23)32)19-7-5-18(2)6-8-19/h3,5-8,13-16,20-21H,1,4,9-12,17H2,2H3. The highest BCUT2D eigenvalue weighted by Crippen LogP contribution is 2.40. The van der Waals surface area contributed by atoms with Crippen molar-refractivity contribution in [3.05, 3.63) is 95.6 Å². The minimum atomic E-state index is -1.30. The second-order valence-corrected chi connectivity index (χ2v) is 9.28. The number of esters is 1. The van der Waals surface area contributed by atoms with Gasteiger partial charge in [0.15, 0.2) is 23.1 Å². The van der Waals surface area contributed by atoms with Crippen LogP contribution >= 0.6 is 0 Å². The number of rotatable bonds is 8. The number of carbonyl (C=O) groups is 1. The molecule has 0 N–H and O–H groups in total. The van der Waals surface area contributed by atoms with Gasteiger partial charge in [0.05, 0.1) is 12.5 Å². The molecule has 7 heteroatoms. The zero-order valence-corrected chi connectivity index (χ0v) is 20.5. The van der Waals surface area contributed by atoms with Crippen LogP contribution in [0.2, 0.25) is 0 Å². The SMILES string of the molecule is C=CCCOc1ccc(OC(=O)C2CCC(c3ccc(-c4ccc(C)cc4)c(F)c3F)CC2)c(F)c1F. The van der Waals surface area contributed by atoms with E-state index in [2.05, 4.69) is 6.58 Å². The summed E-state index contributed by atoms with van der Waals surface area (Å²) in [5.74, 6) is -6.58. The summed E-state index contributed by atoms with van der Waals surface area (Å²) < 4.78 is 68.9. The fourth-order valence-corrected chi connectivity index (χ4v) is 4.62. The zero-order chi connectivity index (χ0) is 26.5. The number of hydrogen-bond donors (Lipinski definition) is 0. The molecule has 0 atom stereocenters. The van der Waals surface area contributed by atoms with Crippen LogP contribution in [0.15, 0.2) is 61.2 Å². The van der Waals surface area contributed by atoms with Crippen LogP contribution in [0.5, 0.6) is 11.5 Å². The van der Waals surface area contributed by atoms with Crippen LogP contribution in [-0.4, -0.2) is 12.6 Å². The average Bonchev–Trinajstić information content (AvgIpc) is 2.90. The fourth-order valence-electron chi connectivity index (χ4n) is 4.62. The highest BCUT2D eigenvalue weighted by molar-refractivity contribution is 5.75. The molecule has 0 aliphatic heterocycles. The van der Waals surface area contributed by atoms with Gasteiger partial charge in [-0.05, 0) is 68.2 Å². The summed E-state index contributed by atoms with van der Waals surface area (Å²) in [6.07, 6.45) is 3.65. The van der Waals surface area contributed by atoms with E-state index < -0.39 is 40.9 Å². The molecule has 0 heterocycles. The molecule has 4 rings (SSSR count). The minimum Gasteiger partial charge on any atom is -0.490 e. The Morgan fingerprint density at radius 2 is 1.51 bits per heavy atom. The van der Waals surface area contributed by atoms with Crippen LogP contribution in [0.4, 0.5) is 17.6 Å². The van der Waals surface area contributed by atoms with Crippen LogP contribution in [-0.2, 0) is 4.79 Å². The summed E-state index contributed by atoms with van der Waals surface area (Å²) in [5.41, 5.74) is 2.10. The molecule has 1 saturated carbocycles. The molecular weight excluding hydrogens is 484 g/mol. The first-order valence-electron chi connectivity index (χ1n) is 12.3. The topological polar surface area (TPSA) is 35.5 Å². The largest absolute Gasteiger partial charge is 0.490 e. The molecule has 0 unspecified atom stereocenters. The van der Waals surface area contributed by atoms with E-state index in [0.717, 1.165) is 11.6 Å². The maximum atomic E-state index is 15.0. The molecule has 0 saturated heterocycles. The number of benzene rings is 3. The Morgan fingerprint density at radius 3 is 2.19 bits per heavy atom. The van der Waals surface area contributed by atoms with Crippen LogP contribution in [0.3, 0.4) is 0 Å². The molecule has 3 aromatic rings. The third kappa shape index (κ3) is 5.87. The Balaban J connectivity index is 1.39. The third-order valence-corrected chi connectivity index (χ3v) is 6.78. The van der Waals surface area contributed by atoms with E-state index in [1.54, 1.807) is 30.3 Å². The van der Waals surface area contributed by atoms with Crippen LogP contribution in [0, 0.1) is 36.1 Å². The molecule has 1 aliphatic rings. The Labute approximate surface area is 213 Å². The van der Waals surface area contributed by atoms with Crippen molar-refractivity contribution in [1.82, 2.24) is 0 Å². The van der Waals surface area contributed by atoms with E-state index >= 15 is 4.39 Å². The Hall–Kier alpha value is -3.61. The van der Waals surface area contributed by atoms with Gasteiger partial charge in [-0.25, -0.2) is 8.78 Å². The Kier molecular flexibility index (Phi) is 8.31. The molecule has 1 fully saturated rings. The lowest BCUT2D eigenvalue weighted by atomic mass is 9.78. The van der Waals surface area contributed by atoms with Crippen molar-refractivity contribution in [3.63, 3.8) is 0 Å². The minimum absolute atomic E-state index is 0.140. The van der Waals surface area contributed by atoms with E-state index in [4.69, 9.17) is 9.47 Å². The van der Waals surface area contributed by atoms with Gasteiger partial charge < -0.3 is 9.47 Å². The zero-order valence-electron chi connectivity index (χ0n) is 20.5. The highest BCUT2D eigenvalue weighted by Gasteiger charge is 2.31. The average molecular weight is 513 g/mol. The first-order chi connectivity index (χ1) is 17.8. The summed E-state index contributed by atoms with van der Waals surface area (Å²) in [7, 11) is 0. The summed E-state index contributed by atoms with van der Waals surface area (Å²) in [6, 6.07) is 12.7. The lowest BCUT2D eigenvalue weighted by Gasteiger charge is -2.28. The number of halogens is 4. The number of carbonyl (C=O) groups excluding carboxylic acids is 1. The Morgan fingerprint density at radius 1 is 0.865 bits per heavy atom. The molecule has 0 amide bonds. The van der Waals surface area contributed by atoms with Crippen molar-refractivity contribution in [2.24, 2.45) is 5.92 Å². The van der Waals surface area contributed by atoms with Gasteiger partial charge >= 0.3 is 5.97 Å². The summed E-state index contributed by atoms with van der Waals surface area (Å²) >= 11 is 0. The fraction of sp³-hybridized carbons (Fsp3) is 0.300. The van der Waals surface area contributed by atoms with Gasteiger partial charge in [0.25, 0.3) is 0 Å². The second-order valence-electron chi connectivity index (χ2n) is 9.28. The normalized spacial score (nSPS) is 17.3. The molecule has 194 valence electrons. The van der Waals surface area contributed by atoms with Gasteiger partial charge in [-0.2, -0.15) is 8.78 Å². The molecule has 3 nitrogen and oxygen atoms in total. The molecule has 0 radical (unpaired) electrons. The molecular formula is C30H28F4O3. The van der Waals surface area contributed by atoms with Crippen molar-refractivity contribution in [1.29, 1.82) is 0 Å². The summed E-state index contributed by atoms with van der Waals surface area (Å²) in [6.45, 7) is 5.59. The van der Waals surface area contributed by atoms with E-state index in [1.165, 1.54) is 6.07 Å². The maximum absolute atomic E-state index is 15.0. The van der Waals surface area contributed by atoms with Crippen LogP contribution in [0.25, 0.3) is 11.1 Å². The van der Waals surface area contributed by atoms with Crippen LogP contribution in [0.1, 0.15) is 49.1 Å². The van der Waals surface area contributed by atoms with Crippen molar-refractivity contribution in [2.75, 3.05) is 6.61 Å². The van der Waals surface area contributed by atoms with Crippen molar-refractivity contribution in [3.8, 4) is 22.6 Å². The predicted molar refractivity (Wildman–Crippen MR) is 134 cm³/mol. The molecule has 3 aromatic carbocycles. The van der Waals surface area contributed by atoms with Gasteiger partial charge in [-0.3, -0.25) is 4.79 Å². The molecule has 0 bridgehead atoms. The molecule has 37 heavy (non-hydrogen) atoms. The van der Waals surface area contributed by atoms with Crippen LogP contribution < -0.4 is 9.47 Å². The van der Waals surface area contributed by atoms with Gasteiger partial charge in [0.1, 0.15) is 0 Å². The third-order valence-electron chi connectivity index (χ3n) is 6.78. The smallest absolute Gasteiger partial charge is 0.314 e. The maximum Gasteiger partial charge on any atom is 0.314 e. The molecule has 0 aromatic heterocycles. The van der Waals surface area contributed by atoms with E-state index in [9.17, 15) is 18.0 Å². The number of ether oxygens (including phenoxy) is 2. The first-order valence-corrected chi connectivity index (χ1v) is 12.3. The van der Waals surface area contributed by atoms with Gasteiger partial charge in [0, 0.05) is 5.56 Å². The van der Waals surface area contributed by atoms with Crippen molar-refractivity contribution < 1.29 is 31.8 Å². The molecule has 0 spiro atoms. The van der Waals surface area contributed by atoms with Gasteiger partial charge in [-0.15, -0.1) is 6.58 Å². The summed E-state index contributed by atoms with van der Waals surface area (Å²) in [5, 5.41) is 0. The van der Waals surface area contributed by atoms with Gasteiger partial charge in [-0.1, -0.05) is 48.0 Å². The number of hydrogen-bond acceptors (Lipinski definition) is 3.